The number of fused-ring (bicyclic) bond motifs is 1. The van der Waals surface area contributed by atoms with E-state index in [4.69, 9.17) is 5.73 Å². The molecule has 22 heavy (non-hydrogen) atoms. The third-order valence-electron chi connectivity index (χ3n) is 3.51. The summed E-state index contributed by atoms with van der Waals surface area (Å²) in [4.78, 5) is 29.8. The average molecular weight is 316 g/mol. The maximum absolute atomic E-state index is 12.0. The Kier molecular flexibility index (Phi) is 4.17. The Hall–Kier alpha value is -2.25. The fraction of sp³-hybridized carbons (Fsp3) is 0.267. The number of aromatic nitrogens is 1. The van der Waals surface area contributed by atoms with Gasteiger partial charge in [0, 0.05) is 30.7 Å². The Morgan fingerprint density at radius 2 is 2.23 bits per heavy atom. The summed E-state index contributed by atoms with van der Waals surface area (Å²) in [5.74, 6) is -0.176. The molecule has 1 aromatic heterocycles. The Labute approximate surface area is 132 Å². The van der Waals surface area contributed by atoms with Crippen LogP contribution in [0.1, 0.15) is 21.1 Å². The van der Waals surface area contributed by atoms with Crippen molar-refractivity contribution in [1.29, 1.82) is 0 Å². The van der Waals surface area contributed by atoms with E-state index in [0.29, 0.717) is 31.7 Å². The summed E-state index contributed by atoms with van der Waals surface area (Å²) in [6.07, 6.45) is 0.427. The SMILES string of the molecule is NCc1nc(C(=O)NCCN2C(=O)Cc3ccccc32)cs1. The number of rotatable bonds is 5. The number of benzene rings is 1. The molecular weight excluding hydrogens is 300 g/mol. The van der Waals surface area contributed by atoms with Gasteiger partial charge in [-0.3, -0.25) is 9.59 Å². The number of anilines is 1. The van der Waals surface area contributed by atoms with E-state index in [1.165, 1.54) is 11.3 Å². The molecule has 3 N–H and O–H groups in total. The average Bonchev–Trinajstić information content (AvgIpc) is 3.12. The molecule has 0 unspecified atom stereocenters. The molecule has 2 heterocycles. The van der Waals surface area contributed by atoms with Crippen molar-refractivity contribution in [3.8, 4) is 0 Å². The molecule has 1 aliphatic rings. The molecule has 2 amide bonds. The molecular formula is C15H16N4O2S. The van der Waals surface area contributed by atoms with Gasteiger partial charge in [0.05, 0.1) is 6.42 Å². The standard InChI is InChI=1S/C15H16N4O2S/c16-8-13-18-11(9-22-13)15(21)17-5-6-19-12-4-2-1-3-10(12)7-14(19)20/h1-4,9H,5-8,16H2,(H,17,21). The zero-order chi connectivity index (χ0) is 15.5. The first-order valence-corrected chi connectivity index (χ1v) is 7.88. The number of carbonyl (C=O) groups is 2. The summed E-state index contributed by atoms with van der Waals surface area (Å²) in [6, 6.07) is 7.72. The molecule has 0 aliphatic carbocycles. The molecule has 7 heteroatoms. The molecule has 6 nitrogen and oxygen atoms in total. The van der Waals surface area contributed by atoms with Crippen LogP contribution >= 0.6 is 11.3 Å². The van der Waals surface area contributed by atoms with Crippen molar-refractivity contribution >= 4 is 28.8 Å². The van der Waals surface area contributed by atoms with E-state index in [0.717, 1.165) is 16.3 Å². The number of amides is 2. The van der Waals surface area contributed by atoms with Crippen LogP contribution in [0, 0.1) is 0 Å². The van der Waals surface area contributed by atoms with Crippen LogP contribution in [0.4, 0.5) is 5.69 Å². The molecule has 0 spiro atoms. The van der Waals surface area contributed by atoms with Crippen molar-refractivity contribution in [2.45, 2.75) is 13.0 Å². The van der Waals surface area contributed by atoms with Crippen molar-refractivity contribution in [2.24, 2.45) is 5.73 Å². The van der Waals surface area contributed by atoms with E-state index in [9.17, 15) is 9.59 Å². The van der Waals surface area contributed by atoms with Gasteiger partial charge in [-0.05, 0) is 11.6 Å². The number of nitrogens with zero attached hydrogens (tertiary/aromatic N) is 2. The normalized spacial score (nSPS) is 13.3. The van der Waals surface area contributed by atoms with Crippen LogP contribution < -0.4 is 16.0 Å². The molecule has 3 rings (SSSR count). The van der Waals surface area contributed by atoms with Gasteiger partial charge in [0.2, 0.25) is 5.91 Å². The molecule has 2 aromatic rings. The lowest BCUT2D eigenvalue weighted by Crippen LogP contribution is -2.36. The third kappa shape index (κ3) is 2.86. The van der Waals surface area contributed by atoms with E-state index in [-0.39, 0.29) is 11.8 Å². The number of nitrogens with two attached hydrogens (primary N) is 1. The first kappa shape index (κ1) is 14.7. The second kappa shape index (κ2) is 6.25. The molecule has 1 aliphatic heterocycles. The molecule has 0 radical (unpaired) electrons. The first-order chi connectivity index (χ1) is 10.7. The highest BCUT2D eigenvalue weighted by molar-refractivity contribution is 7.09. The molecule has 0 fully saturated rings. The van der Waals surface area contributed by atoms with Gasteiger partial charge in [-0.1, -0.05) is 18.2 Å². The molecule has 0 bridgehead atoms. The summed E-state index contributed by atoms with van der Waals surface area (Å²) >= 11 is 1.37. The van der Waals surface area contributed by atoms with E-state index in [1.54, 1.807) is 10.3 Å². The monoisotopic (exact) mass is 316 g/mol. The fourth-order valence-electron chi connectivity index (χ4n) is 2.44. The van der Waals surface area contributed by atoms with Crippen LogP contribution in [0.25, 0.3) is 0 Å². The minimum Gasteiger partial charge on any atom is -0.349 e. The Morgan fingerprint density at radius 1 is 1.41 bits per heavy atom. The van der Waals surface area contributed by atoms with Gasteiger partial charge in [-0.15, -0.1) is 11.3 Å². The summed E-state index contributed by atoms with van der Waals surface area (Å²) in [5.41, 5.74) is 7.82. The van der Waals surface area contributed by atoms with Gasteiger partial charge in [0.1, 0.15) is 10.7 Å². The second-order valence-electron chi connectivity index (χ2n) is 4.94. The van der Waals surface area contributed by atoms with Gasteiger partial charge >= 0.3 is 0 Å². The minimum absolute atomic E-state index is 0.0644. The third-order valence-corrected chi connectivity index (χ3v) is 4.38. The van der Waals surface area contributed by atoms with Crippen LogP contribution in [0.3, 0.4) is 0 Å². The number of hydrogen-bond acceptors (Lipinski definition) is 5. The van der Waals surface area contributed by atoms with Crippen LogP contribution in [0.2, 0.25) is 0 Å². The quantitative estimate of drug-likeness (QED) is 0.858. The largest absolute Gasteiger partial charge is 0.349 e. The van der Waals surface area contributed by atoms with Gasteiger partial charge in [-0.25, -0.2) is 4.98 Å². The Bertz CT molecular complexity index is 713. The first-order valence-electron chi connectivity index (χ1n) is 7.00. The van der Waals surface area contributed by atoms with Crippen molar-refractivity contribution in [1.82, 2.24) is 10.3 Å². The molecule has 0 atom stereocenters. The van der Waals surface area contributed by atoms with Crippen molar-refractivity contribution in [3.63, 3.8) is 0 Å². The van der Waals surface area contributed by atoms with Crippen molar-refractivity contribution in [3.05, 3.63) is 45.9 Å². The van der Waals surface area contributed by atoms with Crippen molar-refractivity contribution in [2.75, 3.05) is 18.0 Å². The maximum Gasteiger partial charge on any atom is 0.270 e. The van der Waals surface area contributed by atoms with Crippen LogP contribution in [-0.4, -0.2) is 29.9 Å². The molecule has 1 aromatic carbocycles. The lowest BCUT2D eigenvalue weighted by Gasteiger charge is -2.17. The zero-order valence-electron chi connectivity index (χ0n) is 11.9. The van der Waals surface area contributed by atoms with Crippen molar-refractivity contribution < 1.29 is 9.59 Å². The second-order valence-corrected chi connectivity index (χ2v) is 5.88. The Balaban J connectivity index is 1.57. The number of thiazole rings is 1. The van der Waals surface area contributed by atoms with Gasteiger partial charge in [-0.2, -0.15) is 0 Å². The van der Waals surface area contributed by atoms with E-state index < -0.39 is 0 Å². The van der Waals surface area contributed by atoms with Crippen LogP contribution in [0.5, 0.6) is 0 Å². The lowest BCUT2D eigenvalue weighted by molar-refractivity contribution is -0.117. The van der Waals surface area contributed by atoms with E-state index in [1.807, 2.05) is 24.3 Å². The molecule has 114 valence electrons. The van der Waals surface area contributed by atoms with Gasteiger partial charge in [0.25, 0.3) is 5.91 Å². The van der Waals surface area contributed by atoms with Gasteiger partial charge < -0.3 is 16.0 Å². The zero-order valence-corrected chi connectivity index (χ0v) is 12.7. The topological polar surface area (TPSA) is 88.3 Å². The minimum atomic E-state index is -0.240. The predicted octanol–water partition coefficient (Wildman–Crippen LogP) is 0.921. The number of hydrogen-bond donors (Lipinski definition) is 2. The van der Waals surface area contributed by atoms with E-state index in [2.05, 4.69) is 10.3 Å². The number of para-hydroxylation sites is 1. The number of nitrogens with one attached hydrogen (secondary N) is 1. The summed E-state index contributed by atoms with van der Waals surface area (Å²) in [5, 5.41) is 5.20. The smallest absolute Gasteiger partial charge is 0.270 e. The maximum atomic E-state index is 12.0. The van der Waals surface area contributed by atoms with Crippen LogP contribution in [-0.2, 0) is 17.8 Å². The summed E-state index contributed by atoms with van der Waals surface area (Å²) in [7, 11) is 0. The lowest BCUT2D eigenvalue weighted by atomic mass is 10.2. The molecule has 0 saturated heterocycles. The highest BCUT2D eigenvalue weighted by Crippen LogP contribution is 2.27. The highest BCUT2D eigenvalue weighted by atomic mass is 32.1. The Morgan fingerprint density at radius 3 is 3.00 bits per heavy atom. The van der Waals surface area contributed by atoms with Crippen LogP contribution in [0.15, 0.2) is 29.6 Å². The van der Waals surface area contributed by atoms with Gasteiger partial charge in [0.15, 0.2) is 0 Å². The highest BCUT2D eigenvalue weighted by Gasteiger charge is 2.26. The fourth-order valence-corrected chi connectivity index (χ4v) is 3.10. The summed E-state index contributed by atoms with van der Waals surface area (Å²) < 4.78 is 0. The summed E-state index contributed by atoms with van der Waals surface area (Å²) in [6.45, 7) is 1.17. The number of carbonyl (C=O) groups excluding carboxylic acids is 2. The molecule has 0 saturated carbocycles. The predicted molar refractivity (Wildman–Crippen MR) is 84.8 cm³/mol. The van der Waals surface area contributed by atoms with E-state index >= 15 is 0 Å².